The lowest BCUT2D eigenvalue weighted by atomic mass is 10.0. The molecule has 1 aromatic heterocycles. The third kappa shape index (κ3) is 4.79. The molecular weight excluding hydrogens is 402 g/mol. The zero-order valence-corrected chi connectivity index (χ0v) is 19.4. The van der Waals surface area contributed by atoms with E-state index < -0.39 is 0 Å². The Balaban J connectivity index is 1.58. The number of aromatic nitrogens is 1. The molecule has 0 saturated carbocycles. The van der Waals surface area contributed by atoms with Gasteiger partial charge in [0, 0.05) is 43.6 Å². The number of benzene rings is 1. The predicted molar refractivity (Wildman–Crippen MR) is 134 cm³/mol. The zero-order valence-electron chi connectivity index (χ0n) is 18.6. The van der Waals surface area contributed by atoms with Gasteiger partial charge in [-0.2, -0.15) is 5.10 Å². The Labute approximate surface area is 190 Å². The van der Waals surface area contributed by atoms with Gasteiger partial charge in [0.25, 0.3) is 0 Å². The van der Waals surface area contributed by atoms with Gasteiger partial charge in [0.1, 0.15) is 5.82 Å². The van der Waals surface area contributed by atoms with Crippen LogP contribution >= 0.6 is 11.8 Å². The lowest BCUT2D eigenvalue weighted by molar-refractivity contribution is 0.447. The summed E-state index contributed by atoms with van der Waals surface area (Å²) >= 11 is 1.85. The standard InChI is InChI=1S/C25H31N5S/c1-4-28(5-2)22-13-10-20(11-14-22)24-17-21(12-15-23-18-31-19-29(23)6-3)27-30(24)25-9-7-8-16-26-25/h7-16,18,24H,4-6,17,19H2,1-3H3. The fourth-order valence-electron chi connectivity index (χ4n) is 4.05. The molecule has 1 unspecified atom stereocenters. The molecule has 0 N–H and O–H groups in total. The summed E-state index contributed by atoms with van der Waals surface area (Å²) in [4.78, 5) is 9.31. The molecular formula is C25H31N5S. The van der Waals surface area contributed by atoms with E-state index in [1.165, 1.54) is 16.9 Å². The lowest BCUT2D eigenvalue weighted by Gasteiger charge is -2.25. The molecule has 2 aliphatic heterocycles. The first kappa shape index (κ1) is 21.5. The Kier molecular flexibility index (Phi) is 6.97. The van der Waals surface area contributed by atoms with Crippen molar-refractivity contribution in [2.24, 2.45) is 5.10 Å². The van der Waals surface area contributed by atoms with Gasteiger partial charge in [0.15, 0.2) is 0 Å². The number of thioether (sulfide) groups is 1. The Morgan fingerprint density at radius 2 is 1.87 bits per heavy atom. The van der Waals surface area contributed by atoms with Crippen LogP contribution in [0.2, 0.25) is 0 Å². The Morgan fingerprint density at radius 1 is 1.06 bits per heavy atom. The Bertz CT molecular complexity index is 948. The number of pyridine rings is 1. The monoisotopic (exact) mass is 433 g/mol. The third-order valence-electron chi connectivity index (χ3n) is 5.85. The molecule has 0 amide bonds. The minimum Gasteiger partial charge on any atom is -0.372 e. The summed E-state index contributed by atoms with van der Waals surface area (Å²) in [6.45, 7) is 9.64. The summed E-state index contributed by atoms with van der Waals surface area (Å²) in [5, 5.41) is 9.26. The number of hydrazone groups is 1. The smallest absolute Gasteiger partial charge is 0.149 e. The first-order valence-electron chi connectivity index (χ1n) is 11.1. The van der Waals surface area contributed by atoms with Crippen LogP contribution in [0.3, 0.4) is 0 Å². The van der Waals surface area contributed by atoms with Crippen LogP contribution in [0, 0.1) is 0 Å². The number of likely N-dealkylation sites (N-methyl/N-ethyl adjacent to an activating group) is 1. The molecule has 0 aliphatic carbocycles. The Morgan fingerprint density at radius 3 is 2.55 bits per heavy atom. The highest BCUT2D eigenvalue weighted by Crippen LogP contribution is 2.35. The second kappa shape index (κ2) is 10.1. The van der Waals surface area contributed by atoms with E-state index >= 15 is 0 Å². The van der Waals surface area contributed by atoms with E-state index in [-0.39, 0.29) is 6.04 Å². The fraction of sp³-hybridized carbons (Fsp3) is 0.360. The molecule has 0 spiro atoms. The van der Waals surface area contributed by atoms with Gasteiger partial charge < -0.3 is 9.80 Å². The molecule has 2 aromatic rings. The molecule has 162 valence electrons. The molecule has 6 heteroatoms. The second-order valence-electron chi connectivity index (χ2n) is 7.64. The summed E-state index contributed by atoms with van der Waals surface area (Å²) in [6, 6.07) is 15.1. The van der Waals surface area contributed by atoms with Gasteiger partial charge in [0.05, 0.1) is 17.6 Å². The van der Waals surface area contributed by atoms with E-state index in [4.69, 9.17) is 5.10 Å². The normalized spacial score (nSPS) is 18.6. The minimum atomic E-state index is 0.148. The van der Waals surface area contributed by atoms with Crippen LogP contribution in [0.15, 0.2) is 77.0 Å². The van der Waals surface area contributed by atoms with Crippen molar-refractivity contribution >= 4 is 29.0 Å². The molecule has 0 bridgehead atoms. The van der Waals surface area contributed by atoms with Gasteiger partial charge in [0.2, 0.25) is 0 Å². The molecule has 2 aliphatic rings. The van der Waals surface area contributed by atoms with Crippen LogP contribution in [0.5, 0.6) is 0 Å². The summed E-state index contributed by atoms with van der Waals surface area (Å²) in [6.07, 6.45) is 7.06. The van der Waals surface area contributed by atoms with Crippen molar-refractivity contribution in [1.82, 2.24) is 9.88 Å². The molecule has 5 nitrogen and oxygen atoms in total. The zero-order chi connectivity index (χ0) is 21.6. The molecule has 1 atom stereocenters. The van der Waals surface area contributed by atoms with Crippen LogP contribution in [0.4, 0.5) is 11.5 Å². The van der Waals surface area contributed by atoms with Gasteiger partial charge in [-0.3, -0.25) is 0 Å². The predicted octanol–water partition coefficient (Wildman–Crippen LogP) is 5.66. The van der Waals surface area contributed by atoms with Crippen molar-refractivity contribution < 1.29 is 0 Å². The highest BCUT2D eigenvalue weighted by molar-refractivity contribution is 8.02. The topological polar surface area (TPSA) is 35.0 Å². The first-order chi connectivity index (χ1) is 15.2. The van der Waals surface area contributed by atoms with Crippen molar-refractivity contribution in [2.45, 2.75) is 33.2 Å². The highest BCUT2D eigenvalue weighted by Gasteiger charge is 2.29. The van der Waals surface area contributed by atoms with E-state index in [1.54, 1.807) is 0 Å². The van der Waals surface area contributed by atoms with Crippen molar-refractivity contribution in [1.29, 1.82) is 0 Å². The van der Waals surface area contributed by atoms with Crippen LogP contribution < -0.4 is 9.91 Å². The number of anilines is 2. The molecule has 0 radical (unpaired) electrons. The third-order valence-corrected chi connectivity index (χ3v) is 6.72. The fourth-order valence-corrected chi connectivity index (χ4v) is 5.04. The number of hydrogen-bond donors (Lipinski definition) is 0. The average Bonchev–Trinajstić information content (AvgIpc) is 3.46. The summed E-state index contributed by atoms with van der Waals surface area (Å²) in [5.41, 5.74) is 4.88. The van der Waals surface area contributed by atoms with Gasteiger partial charge >= 0.3 is 0 Å². The number of allylic oxidation sites excluding steroid dienone is 2. The number of rotatable bonds is 8. The summed E-state index contributed by atoms with van der Waals surface area (Å²) in [7, 11) is 0. The van der Waals surface area contributed by atoms with Gasteiger partial charge in [-0.15, -0.1) is 11.8 Å². The maximum atomic E-state index is 4.96. The van der Waals surface area contributed by atoms with Crippen molar-refractivity contribution in [3.05, 3.63) is 77.5 Å². The average molecular weight is 434 g/mol. The first-order valence-corrected chi connectivity index (χ1v) is 12.2. The van der Waals surface area contributed by atoms with Crippen molar-refractivity contribution in [3.63, 3.8) is 0 Å². The SMILES string of the molecule is CCN1CSC=C1C=CC1=NN(c2ccccn2)C(c2ccc(N(CC)CC)cc2)C1. The highest BCUT2D eigenvalue weighted by atomic mass is 32.2. The van der Waals surface area contributed by atoms with Crippen LogP contribution in [-0.4, -0.2) is 41.1 Å². The van der Waals surface area contributed by atoms with Crippen LogP contribution in [-0.2, 0) is 0 Å². The summed E-state index contributed by atoms with van der Waals surface area (Å²) < 4.78 is 0. The van der Waals surface area contributed by atoms with E-state index in [1.807, 2.05) is 36.2 Å². The largest absolute Gasteiger partial charge is 0.372 e. The molecule has 3 heterocycles. The van der Waals surface area contributed by atoms with Crippen molar-refractivity contribution in [3.8, 4) is 0 Å². The second-order valence-corrected chi connectivity index (χ2v) is 8.46. The number of nitrogens with zero attached hydrogens (tertiary/aromatic N) is 5. The van der Waals surface area contributed by atoms with Gasteiger partial charge in [-0.25, -0.2) is 9.99 Å². The quantitative estimate of drug-likeness (QED) is 0.537. The maximum Gasteiger partial charge on any atom is 0.149 e. The molecule has 0 saturated heterocycles. The minimum absolute atomic E-state index is 0.148. The molecule has 31 heavy (non-hydrogen) atoms. The van der Waals surface area contributed by atoms with Crippen LogP contribution in [0.1, 0.15) is 38.8 Å². The number of hydrogen-bond acceptors (Lipinski definition) is 6. The van der Waals surface area contributed by atoms with Crippen molar-refractivity contribution in [2.75, 3.05) is 35.4 Å². The maximum absolute atomic E-state index is 4.96. The molecule has 0 fully saturated rings. The molecule has 4 rings (SSSR count). The van der Waals surface area contributed by atoms with E-state index in [0.717, 1.165) is 43.5 Å². The van der Waals surface area contributed by atoms with Gasteiger partial charge in [-0.1, -0.05) is 18.2 Å². The Hall–Kier alpha value is -2.73. The van der Waals surface area contributed by atoms with E-state index in [2.05, 4.69) is 82.4 Å². The molecule has 1 aromatic carbocycles. The lowest BCUT2D eigenvalue weighted by Crippen LogP contribution is -2.22. The van der Waals surface area contributed by atoms with E-state index in [9.17, 15) is 0 Å². The van der Waals surface area contributed by atoms with E-state index in [0.29, 0.717) is 0 Å². The van der Waals surface area contributed by atoms with Crippen LogP contribution in [0.25, 0.3) is 0 Å². The summed E-state index contributed by atoms with van der Waals surface area (Å²) in [5.74, 6) is 1.92. The van der Waals surface area contributed by atoms with Gasteiger partial charge in [-0.05, 0) is 68.2 Å².